The number of rotatable bonds is 11. The molecular weight excluding hydrogens is 261 g/mol. The van der Waals surface area contributed by atoms with Crippen LogP contribution in [-0.4, -0.2) is 40.1 Å². The molecule has 0 spiro atoms. The summed E-state index contributed by atoms with van der Waals surface area (Å²) < 4.78 is 29.2. The molecule has 114 valence electrons. The van der Waals surface area contributed by atoms with Crippen LogP contribution < -0.4 is 10.1 Å². The molecule has 0 heterocycles. The van der Waals surface area contributed by atoms with E-state index in [0.717, 1.165) is 18.5 Å². The number of halogens is 1. The smallest absolute Gasteiger partial charge is 0.165 e. The van der Waals surface area contributed by atoms with Gasteiger partial charge in [0.05, 0.1) is 19.8 Å². The zero-order valence-corrected chi connectivity index (χ0v) is 12.3. The molecule has 4 nitrogen and oxygen atoms in total. The van der Waals surface area contributed by atoms with Crippen LogP contribution in [0.1, 0.15) is 18.9 Å². The molecule has 5 heteroatoms. The summed E-state index contributed by atoms with van der Waals surface area (Å²) in [6, 6.07) is 5.03. The molecule has 0 amide bonds. The Hall–Kier alpha value is -1.17. The van der Waals surface area contributed by atoms with Crippen molar-refractivity contribution >= 4 is 0 Å². The zero-order valence-electron chi connectivity index (χ0n) is 12.3. The van der Waals surface area contributed by atoms with Gasteiger partial charge >= 0.3 is 0 Å². The van der Waals surface area contributed by atoms with E-state index in [1.807, 2.05) is 6.07 Å². The highest BCUT2D eigenvalue weighted by Gasteiger charge is 2.04. The maximum absolute atomic E-state index is 13.8. The van der Waals surface area contributed by atoms with Gasteiger partial charge in [-0.25, -0.2) is 4.39 Å². The number of methoxy groups -OCH3 is 1. The van der Waals surface area contributed by atoms with Crippen molar-refractivity contribution in [3.05, 3.63) is 29.6 Å². The molecule has 0 bridgehead atoms. The summed E-state index contributed by atoms with van der Waals surface area (Å²) in [5, 5.41) is 3.23. The van der Waals surface area contributed by atoms with E-state index in [9.17, 15) is 4.39 Å². The van der Waals surface area contributed by atoms with Crippen molar-refractivity contribution in [2.75, 3.05) is 40.1 Å². The lowest BCUT2D eigenvalue weighted by molar-refractivity contribution is 0.0538. The molecule has 1 aromatic rings. The van der Waals surface area contributed by atoms with E-state index in [4.69, 9.17) is 14.2 Å². The average molecular weight is 285 g/mol. The Morgan fingerprint density at radius 2 is 1.95 bits per heavy atom. The first-order valence-corrected chi connectivity index (χ1v) is 6.96. The molecule has 20 heavy (non-hydrogen) atoms. The Bertz CT molecular complexity index is 374. The van der Waals surface area contributed by atoms with E-state index >= 15 is 0 Å². The molecule has 0 aliphatic carbocycles. The minimum atomic E-state index is -0.335. The topological polar surface area (TPSA) is 39.7 Å². The van der Waals surface area contributed by atoms with Gasteiger partial charge in [-0.3, -0.25) is 0 Å². The number of hydrogen-bond acceptors (Lipinski definition) is 4. The highest BCUT2D eigenvalue weighted by Crippen LogP contribution is 2.18. The van der Waals surface area contributed by atoms with Crippen LogP contribution in [0.15, 0.2) is 18.2 Å². The number of nitrogens with one attached hydrogen (secondary N) is 1. The Kier molecular flexibility index (Phi) is 8.95. The number of hydrogen-bond donors (Lipinski definition) is 1. The van der Waals surface area contributed by atoms with Crippen molar-refractivity contribution in [2.24, 2.45) is 0 Å². The highest BCUT2D eigenvalue weighted by molar-refractivity contribution is 5.29. The highest BCUT2D eigenvalue weighted by atomic mass is 19.1. The van der Waals surface area contributed by atoms with E-state index < -0.39 is 0 Å². The van der Waals surface area contributed by atoms with Crippen LogP contribution in [0.5, 0.6) is 5.75 Å². The fraction of sp³-hybridized carbons (Fsp3) is 0.600. The van der Waals surface area contributed by atoms with Gasteiger partial charge in [0.2, 0.25) is 0 Å². The van der Waals surface area contributed by atoms with Crippen molar-refractivity contribution in [2.45, 2.75) is 19.9 Å². The third-order valence-corrected chi connectivity index (χ3v) is 2.67. The summed E-state index contributed by atoms with van der Waals surface area (Å²) in [5.41, 5.74) is 0.916. The van der Waals surface area contributed by atoms with Crippen LogP contribution in [0, 0.1) is 5.82 Å². The van der Waals surface area contributed by atoms with E-state index in [1.54, 1.807) is 13.2 Å². The second-order valence-corrected chi connectivity index (χ2v) is 4.40. The van der Waals surface area contributed by atoms with E-state index in [-0.39, 0.29) is 11.6 Å². The lowest BCUT2D eigenvalue weighted by Crippen LogP contribution is -2.14. The molecule has 0 aliphatic rings. The first kappa shape index (κ1) is 16.9. The first-order chi connectivity index (χ1) is 9.77. The molecule has 0 unspecified atom stereocenters. The van der Waals surface area contributed by atoms with Gasteiger partial charge in [-0.2, -0.15) is 0 Å². The van der Waals surface area contributed by atoms with Crippen molar-refractivity contribution in [3.63, 3.8) is 0 Å². The molecule has 0 saturated carbocycles. The molecule has 0 fully saturated rings. The lowest BCUT2D eigenvalue weighted by Gasteiger charge is -2.09. The largest absolute Gasteiger partial charge is 0.488 e. The predicted octanol–water partition coefficient (Wildman–Crippen LogP) is 2.37. The molecule has 0 saturated heterocycles. The summed E-state index contributed by atoms with van der Waals surface area (Å²) in [6.07, 6.45) is 1.06. The lowest BCUT2D eigenvalue weighted by atomic mass is 10.2. The normalized spacial score (nSPS) is 10.8. The summed E-state index contributed by atoms with van der Waals surface area (Å²) in [4.78, 5) is 0. The standard InChI is InChI=1S/C15H24FNO3/c1-3-6-17-12-13-4-5-15(14(16)11-13)20-10-9-19-8-7-18-2/h4-5,11,17H,3,6-10,12H2,1-2H3. The van der Waals surface area contributed by atoms with Gasteiger partial charge in [-0.15, -0.1) is 0 Å². The van der Waals surface area contributed by atoms with Gasteiger partial charge in [0.1, 0.15) is 6.61 Å². The molecule has 0 radical (unpaired) electrons. The fourth-order valence-electron chi connectivity index (χ4n) is 1.64. The minimum Gasteiger partial charge on any atom is -0.488 e. The average Bonchev–Trinajstić information content (AvgIpc) is 2.45. The third-order valence-electron chi connectivity index (χ3n) is 2.67. The van der Waals surface area contributed by atoms with Gasteiger partial charge in [-0.1, -0.05) is 13.0 Å². The zero-order chi connectivity index (χ0) is 14.6. The summed E-state index contributed by atoms with van der Waals surface area (Å²) in [7, 11) is 1.62. The minimum absolute atomic E-state index is 0.264. The van der Waals surface area contributed by atoms with E-state index in [0.29, 0.717) is 33.0 Å². The van der Waals surface area contributed by atoms with Crippen molar-refractivity contribution in [3.8, 4) is 5.75 Å². The molecule has 1 aromatic carbocycles. The van der Waals surface area contributed by atoms with Crippen molar-refractivity contribution in [1.82, 2.24) is 5.32 Å². The second-order valence-electron chi connectivity index (χ2n) is 4.40. The van der Waals surface area contributed by atoms with Crippen LogP contribution in [0.2, 0.25) is 0 Å². The maximum atomic E-state index is 13.8. The van der Waals surface area contributed by atoms with Gasteiger partial charge in [0.25, 0.3) is 0 Å². The summed E-state index contributed by atoms with van der Waals surface area (Å²) >= 11 is 0. The maximum Gasteiger partial charge on any atom is 0.165 e. The predicted molar refractivity (Wildman–Crippen MR) is 76.6 cm³/mol. The molecule has 0 aromatic heterocycles. The molecule has 1 rings (SSSR count). The Morgan fingerprint density at radius 1 is 1.15 bits per heavy atom. The number of ether oxygens (including phenoxy) is 3. The van der Waals surface area contributed by atoms with Crippen LogP contribution in [-0.2, 0) is 16.0 Å². The van der Waals surface area contributed by atoms with Crippen molar-refractivity contribution < 1.29 is 18.6 Å². The third kappa shape index (κ3) is 6.84. The summed E-state index contributed by atoms with van der Waals surface area (Å²) in [6.45, 7) is 5.51. The van der Waals surface area contributed by atoms with Crippen LogP contribution >= 0.6 is 0 Å². The Balaban J connectivity index is 2.28. The summed E-state index contributed by atoms with van der Waals surface area (Å²) in [5.74, 6) is -0.0720. The van der Waals surface area contributed by atoms with Crippen LogP contribution in [0.3, 0.4) is 0 Å². The van der Waals surface area contributed by atoms with Gasteiger partial charge in [0.15, 0.2) is 11.6 Å². The number of benzene rings is 1. The monoisotopic (exact) mass is 285 g/mol. The van der Waals surface area contributed by atoms with Crippen LogP contribution in [0.25, 0.3) is 0 Å². The SMILES string of the molecule is CCCNCc1ccc(OCCOCCOC)c(F)c1. The fourth-order valence-corrected chi connectivity index (χ4v) is 1.64. The van der Waals surface area contributed by atoms with Crippen molar-refractivity contribution in [1.29, 1.82) is 0 Å². The van der Waals surface area contributed by atoms with Gasteiger partial charge in [-0.05, 0) is 30.7 Å². The van der Waals surface area contributed by atoms with E-state index in [1.165, 1.54) is 6.07 Å². The van der Waals surface area contributed by atoms with Gasteiger partial charge in [0, 0.05) is 13.7 Å². The Labute approximate surface area is 120 Å². The quantitative estimate of drug-likeness (QED) is 0.634. The van der Waals surface area contributed by atoms with Crippen LogP contribution in [0.4, 0.5) is 4.39 Å². The molecule has 0 aliphatic heterocycles. The second kappa shape index (κ2) is 10.6. The van der Waals surface area contributed by atoms with E-state index in [2.05, 4.69) is 12.2 Å². The Morgan fingerprint density at radius 3 is 2.65 bits per heavy atom. The molecule has 1 N–H and O–H groups in total. The molecular formula is C15H24FNO3. The van der Waals surface area contributed by atoms with Gasteiger partial charge < -0.3 is 19.5 Å². The first-order valence-electron chi connectivity index (χ1n) is 6.96. The molecule has 0 atom stereocenters.